The molecule has 3 rings (SSSR count). The van der Waals surface area contributed by atoms with Gasteiger partial charge in [-0.25, -0.2) is 9.18 Å². The second-order valence-electron chi connectivity index (χ2n) is 6.79. The zero-order chi connectivity index (χ0) is 21.8. The predicted molar refractivity (Wildman–Crippen MR) is 112 cm³/mol. The topological polar surface area (TPSA) is 77.2 Å². The second kappa shape index (κ2) is 8.86. The van der Waals surface area contributed by atoms with Crippen molar-refractivity contribution in [1.82, 2.24) is 19.2 Å². The van der Waals surface area contributed by atoms with Crippen LogP contribution in [-0.2, 0) is 6.54 Å². The highest BCUT2D eigenvalue weighted by atomic mass is 19.1. The summed E-state index contributed by atoms with van der Waals surface area (Å²) in [4.78, 5) is 40.6. The first kappa shape index (κ1) is 21.2. The largest absolute Gasteiger partial charge is 0.352 e. The third-order valence-corrected chi connectivity index (χ3v) is 4.98. The van der Waals surface area contributed by atoms with Crippen LogP contribution in [0.15, 0.2) is 58.1 Å². The summed E-state index contributed by atoms with van der Waals surface area (Å²) in [6, 6.07) is 12.9. The Labute approximate surface area is 173 Å². The van der Waals surface area contributed by atoms with Crippen LogP contribution in [0.5, 0.6) is 0 Å². The second-order valence-corrected chi connectivity index (χ2v) is 6.79. The maximum atomic E-state index is 14.4. The van der Waals surface area contributed by atoms with Gasteiger partial charge >= 0.3 is 5.69 Å². The smallest absolute Gasteiger partial charge is 0.338 e. The van der Waals surface area contributed by atoms with E-state index in [-0.39, 0.29) is 12.2 Å². The van der Waals surface area contributed by atoms with E-state index in [0.29, 0.717) is 13.1 Å². The van der Waals surface area contributed by atoms with Crippen molar-refractivity contribution in [3.8, 4) is 5.69 Å². The first-order chi connectivity index (χ1) is 14.4. The van der Waals surface area contributed by atoms with Crippen molar-refractivity contribution in [2.45, 2.75) is 27.3 Å². The Morgan fingerprint density at radius 2 is 1.67 bits per heavy atom. The molecule has 156 valence electrons. The third kappa shape index (κ3) is 3.94. The normalized spacial score (nSPS) is 10.8. The molecule has 0 aliphatic rings. The number of halogens is 1. The number of carbonyl (C=O) groups excluding carboxylic acids is 1. The fraction of sp³-hybridized carbons (Fsp3) is 0.273. The lowest BCUT2D eigenvalue weighted by molar-refractivity contribution is 0.0761. The minimum absolute atomic E-state index is 0.0557. The fourth-order valence-corrected chi connectivity index (χ4v) is 3.19. The molecule has 7 nitrogen and oxygen atoms in total. The number of aromatic nitrogens is 3. The number of para-hydroxylation sites is 1. The first-order valence-electron chi connectivity index (χ1n) is 9.71. The van der Waals surface area contributed by atoms with Crippen LogP contribution in [-0.4, -0.2) is 38.2 Å². The van der Waals surface area contributed by atoms with Gasteiger partial charge in [-0.05, 0) is 44.0 Å². The van der Waals surface area contributed by atoms with Crippen LogP contribution in [0, 0.1) is 12.7 Å². The fourth-order valence-electron chi connectivity index (χ4n) is 3.19. The Balaban J connectivity index is 2.29. The lowest BCUT2D eigenvalue weighted by Crippen LogP contribution is -2.47. The summed E-state index contributed by atoms with van der Waals surface area (Å²) in [5.41, 5.74) is -0.541. The Hall–Kier alpha value is -3.55. The van der Waals surface area contributed by atoms with E-state index in [1.165, 1.54) is 23.1 Å². The van der Waals surface area contributed by atoms with Crippen LogP contribution in [0.25, 0.3) is 5.69 Å². The van der Waals surface area contributed by atoms with E-state index in [1.54, 1.807) is 32.0 Å². The first-order valence-corrected chi connectivity index (χ1v) is 9.71. The molecule has 0 radical (unpaired) electrons. The number of amides is 1. The van der Waals surface area contributed by atoms with Gasteiger partial charge in [0, 0.05) is 13.1 Å². The monoisotopic (exact) mass is 410 g/mol. The van der Waals surface area contributed by atoms with Gasteiger partial charge in [0.1, 0.15) is 11.5 Å². The van der Waals surface area contributed by atoms with Gasteiger partial charge in [-0.2, -0.15) is 9.78 Å². The van der Waals surface area contributed by atoms with Gasteiger partial charge in [0.25, 0.3) is 11.5 Å². The summed E-state index contributed by atoms with van der Waals surface area (Å²) >= 11 is 0. The highest BCUT2D eigenvalue weighted by Gasteiger charge is 2.24. The molecule has 0 atom stereocenters. The molecule has 0 N–H and O–H groups in total. The predicted octanol–water partition coefficient (Wildman–Crippen LogP) is 2.37. The van der Waals surface area contributed by atoms with Crippen molar-refractivity contribution >= 4 is 5.91 Å². The highest BCUT2D eigenvalue weighted by molar-refractivity contribution is 5.91. The van der Waals surface area contributed by atoms with E-state index in [4.69, 9.17) is 0 Å². The van der Waals surface area contributed by atoms with Crippen molar-refractivity contribution in [2.75, 3.05) is 13.1 Å². The van der Waals surface area contributed by atoms with Crippen molar-refractivity contribution < 1.29 is 9.18 Å². The number of nitrogens with zero attached hydrogens (tertiary/aromatic N) is 4. The molecule has 8 heteroatoms. The quantitative estimate of drug-likeness (QED) is 0.625. The lowest BCUT2D eigenvalue weighted by Gasteiger charge is -2.19. The van der Waals surface area contributed by atoms with Gasteiger partial charge in [0.05, 0.1) is 6.54 Å². The minimum atomic E-state index is -0.815. The summed E-state index contributed by atoms with van der Waals surface area (Å²) in [6.07, 6.45) is 0. The summed E-state index contributed by atoms with van der Waals surface area (Å²) < 4.78 is 16.1. The van der Waals surface area contributed by atoms with Crippen LogP contribution in [0.3, 0.4) is 0 Å². The van der Waals surface area contributed by atoms with E-state index in [1.807, 2.05) is 19.1 Å². The van der Waals surface area contributed by atoms with Crippen molar-refractivity contribution in [1.29, 1.82) is 0 Å². The van der Waals surface area contributed by atoms with Gasteiger partial charge in [0.15, 0.2) is 0 Å². The van der Waals surface area contributed by atoms with Crippen LogP contribution in [0.1, 0.15) is 35.5 Å². The van der Waals surface area contributed by atoms with Crippen molar-refractivity contribution in [3.63, 3.8) is 0 Å². The summed E-state index contributed by atoms with van der Waals surface area (Å²) in [6.45, 7) is 6.10. The number of hydrogen-bond donors (Lipinski definition) is 0. The molecule has 0 aliphatic carbocycles. The van der Waals surface area contributed by atoms with Gasteiger partial charge in [-0.3, -0.25) is 14.2 Å². The Morgan fingerprint density at radius 3 is 2.30 bits per heavy atom. The number of benzene rings is 2. The molecule has 3 aromatic rings. The Bertz CT molecular complexity index is 1200. The molecule has 1 aromatic heterocycles. The Kier molecular flexibility index (Phi) is 6.25. The van der Waals surface area contributed by atoms with E-state index < -0.39 is 28.7 Å². The molecular formula is C22H23FN4O3. The SMILES string of the molecule is CCN(CC)C(=O)c1nn(-c2ccccc2F)c(=O)n(Cc2ccccc2C)c1=O. The molecule has 1 amide bonds. The number of carbonyl (C=O) groups is 1. The minimum Gasteiger partial charge on any atom is -0.338 e. The molecular weight excluding hydrogens is 387 g/mol. The van der Waals surface area contributed by atoms with E-state index in [2.05, 4.69) is 5.10 Å². The van der Waals surface area contributed by atoms with Gasteiger partial charge in [0.2, 0.25) is 5.69 Å². The van der Waals surface area contributed by atoms with E-state index in [0.717, 1.165) is 20.4 Å². The van der Waals surface area contributed by atoms with Gasteiger partial charge in [-0.1, -0.05) is 36.4 Å². The average molecular weight is 410 g/mol. The van der Waals surface area contributed by atoms with E-state index in [9.17, 15) is 18.8 Å². The maximum Gasteiger partial charge on any atom is 0.352 e. The molecule has 0 fully saturated rings. The number of rotatable bonds is 6. The highest BCUT2D eigenvalue weighted by Crippen LogP contribution is 2.11. The molecule has 2 aromatic carbocycles. The molecule has 0 unspecified atom stereocenters. The van der Waals surface area contributed by atoms with Crippen LogP contribution in [0.4, 0.5) is 4.39 Å². The third-order valence-electron chi connectivity index (χ3n) is 4.98. The molecule has 0 spiro atoms. The molecule has 0 saturated carbocycles. The van der Waals surface area contributed by atoms with Crippen LogP contribution in [0.2, 0.25) is 0 Å². The van der Waals surface area contributed by atoms with Crippen molar-refractivity contribution in [3.05, 3.63) is 92.0 Å². The molecule has 30 heavy (non-hydrogen) atoms. The lowest BCUT2D eigenvalue weighted by atomic mass is 10.1. The van der Waals surface area contributed by atoms with Crippen LogP contribution >= 0.6 is 0 Å². The number of aryl methyl sites for hydroxylation is 1. The zero-order valence-corrected chi connectivity index (χ0v) is 17.1. The van der Waals surface area contributed by atoms with Crippen molar-refractivity contribution in [2.24, 2.45) is 0 Å². The zero-order valence-electron chi connectivity index (χ0n) is 17.1. The average Bonchev–Trinajstić information content (AvgIpc) is 2.74. The summed E-state index contributed by atoms with van der Waals surface area (Å²) in [7, 11) is 0. The van der Waals surface area contributed by atoms with Gasteiger partial charge < -0.3 is 4.90 Å². The molecule has 0 aliphatic heterocycles. The van der Waals surface area contributed by atoms with Gasteiger partial charge in [-0.15, -0.1) is 0 Å². The molecule has 1 heterocycles. The molecule has 0 saturated heterocycles. The number of hydrogen-bond acceptors (Lipinski definition) is 4. The Morgan fingerprint density at radius 1 is 1.03 bits per heavy atom. The van der Waals surface area contributed by atoms with E-state index >= 15 is 0 Å². The van der Waals surface area contributed by atoms with Crippen LogP contribution < -0.4 is 11.2 Å². The summed E-state index contributed by atoms with van der Waals surface area (Å²) in [5.74, 6) is -1.29. The standard InChI is InChI=1S/C22H23FN4O3/c1-4-25(5-2)20(28)19-21(29)26(14-16-11-7-6-10-15(16)3)22(30)27(24-19)18-13-9-8-12-17(18)23/h6-13H,4-5,14H2,1-3H3. The molecule has 0 bridgehead atoms. The summed E-state index contributed by atoms with van der Waals surface area (Å²) in [5, 5.41) is 3.98. The maximum absolute atomic E-state index is 14.4.